The first kappa shape index (κ1) is 8.13. The predicted octanol–water partition coefficient (Wildman–Crippen LogP) is 0.629. The van der Waals surface area contributed by atoms with Crippen molar-refractivity contribution in [2.75, 3.05) is 18.8 Å². The number of fused-ring (bicyclic) bond motifs is 1. The molecule has 4 heteroatoms. The summed E-state index contributed by atoms with van der Waals surface area (Å²) in [6.45, 7) is 4.25. The largest absolute Gasteiger partial charge is 0.333 e. The first-order valence-corrected chi connectivity index (χ1v) is 4.86. The molecule has 1 aromatic heterocycles. The Hall–Kier alpha value is -0.480. The van der Waals surface area contributed by atoms with Crippen molar-refractivity contribution < 1.29 is 0 Å². The van der Waals surface area contributed by atoms with Gasteiger partial charge in [-0.05, 0) is 0 Å². The number of thiol groups is 1. The van der Waals surface area contributed by atoms with Crippen LogP contribution >= 0.6 is 12.6 Å². The Kier molecular flexibility index (Phi) is 2.37. The van der Waals surface area contributed by atoms with Crippen LogP contribution in [0.25, 0.3) is 0 Å². The molecule has 0 saturated carbocycles. The van der Waals surface area contributed by atoms with Gasteiger partial charge in [0.15, 0.2) is 0 Å². The minimum absolute atomic E-state index is 0.931. The smallest absolute Gasteiger partial charge is 0.122 e. The van der Waals surface area contributed by atoms with Crippen molar-refractivity contribution in [1.82, 2.24) is 14.5 Å². The molecule has 2 heterocycles. The number of aromatic nitrogens is 2. The number of nitrogens with zero attached hydrogens (tertiary/aromatic N) is 3. The number of rotatable bonds is 2. The summed E-state index contributed by atoms with van der Waals surface area (Å²) in [5.74, 6) is 2.11. The highest BCUT2D eigenvalue weighted by Crippen LogP contribution is 2.09. The fourth-order valence-electron chi connectivity index (χ4n) is 1.56. The lowest BCUT2D eigenvalue weighted by atomic mass is 10.3. The Bertz CT molecular complexity index is 259. The van der Waals surface area contributed by atoms with E-state index in [4.69, 9.17) is 0 Å². The van der Waals surface area contributed by atoms with E-state index in [1.807, 2.05) is 12.4 Å². The van der Waals surface area contributed by atoms with E-state index in [2.05, 4.69) is 27.1 Å². The third-order valence-corrected chi connectivity index (χ3v) is 2.44. The van der Waals surface area contributed by atoms with E-state index in [1.54, 1.807) is 0 Å². The number of imidazole rings is 1. The summed E-state index contributed by atoms with van der Waals surface area (Å²) < 4.78 is 2.22. The summed E-state index contributed by atoms with van der Waals surface area (Å²) in [6, 6.07) is 0. The molecule has 0 aromatic carbocycles. The van der Waals surface area contributed by atoms with Crippen LogP contribution in [0.1, 0.15) is 5.82 Å². The minimum atomic E-state index is 0.931. The van der Waals surface area contributed by atoms with Crippen LogP contribution in [0.15, 0.2) is 12.4 Å². The molecule has 1 aliphatic rings. The van der Waals surface area contributed by atoms with Gasteiger partial charge in [-0.2, -0.15) is 12.6 Å². The van der Waals surface area contributed by atoms with Crippen molar-refractivity contribution in [2.24, 2.45) is 0 Å². The molecule has 1 aliphatic heterocycles. The van der Waals surface area contributed by atoms with Gasteiger partial charge in [0.05, 0.1) is 6.54 Å². The molecular formula is C8H13N3S. The van der Waals surface area contributed by atoms with E-state index in [0.29, 0.717) is 0 Å². The summed E-state index contributed by atoms with van der Waals surface area (Å²) in [6.07, 6.45) is 3.92. The second-order valence-electron chi connectivity index (χ2n) is 3.04. The van der Waals surface area contributed by atoms with Crippen molar-refractivity contribution in [3.8, 4) is 0 Å². The Morgan fingerprint density at radius 2 is 2.42 bits per heavy atom. The molecule has 0 N–H and O–H groups in total. The van der Waals surface area contributed by atoms with E-state index in [-0.39, 0.29) is 0 Å². The summed E-state index contributed by atoms with van der Waals surface area (Å²) >= 11 is 4.22. The molecule has 12 heavy (non-hydrogen) atoms. The molecule has 0 atom stereocenters. The van der Waals surface area contributed by atoms with Crippen LogP contribution in [-0.4, -0.2) is 33.3 Å². The molecule has 0 bridgehead atoms. The van der Waals surface area contributed by atoms with Gasteiger partial charge in [0.1, 0.15) is 5.82 Å². The van der Waals surface area contributed by atoms with Crippen molar-refractivity contribution in [3.05, 3.63) is 18.2 Å². The zero-order valence-corrected chi connectivity index (χ0v) is 7.87. The first-order chi connectivity index (χ1) is 5.90. The van der Waals surface area contributed by atoms with E-state index in [9.17, 15) is 0 Å². The lowest BCUT2D eigenvalue weighted by molar-refractivity contribution is 0.230. The van der Waals surface area contributed by atoms with Gasteiger partial charge < -0.3 is 4.57 Å². The summed E-state index contributed by atoms with van der Waals surface area (Å²) in [7, 11) is 0. The Labute approximate surface area is 77.8 Å². The predicted molar refractivity (Wildman–Crippen MR) is 51.4 cm³/mol. The Morgan fingerprint density at radius 3 is 3.25 bits per heavy atom. The van der Waals surface area contributed by atoms with Crippen LogP contribution in [0.2, 0.25) is 0 Å². The summed E-state index contributed by atoms with van der Waals surface area (Å²) in [4.78, 5) is 6.67. The molecule has 66 valence electrons. The van der Waals surface area contributed by atoms with Crippen molar-refractivity contribution in [2.45, 2.75) is 13.1 Å². The van der Waals surface area contributed by atoms with Gasteiger partial charge in [-0.3, -0.25) is 4.90 Å². The Morgan fingerprint density at radius 1 is 1.50 bits per heavy atom. The summed E-state index contributed by atoms with van der Waals surface area (Å²) in [5, 5.41) is 0. The van der Waals surface area contributed by atoms with Crippen LogP contribution in [0.3, 0.4) is 0 Å². The summed E-state index contributed by atoms with van der Waals surface area (Å²) in [5.41, 5.74) is 0. The van der Waals surface area contributed by atoms with Gasteiger partial charge in [0, 0.05) is 37.8 Å². The van der Waals surface area contributed by atoms with Crippen LogP contribution in [-0.2, 0) is 13.1 Å². The topological polar surface area (TPSA) is 21.1 Å². The van der Waals surface area contributed by atoms with Crippen molar-refractivity contribution in [3.63, 3.8) is 0 Å². The van der Waals surface area contributed by atoms with Gasteiger partial charge in [-0.25, -0.2) is 4.98 Å². The highest BCUT2D eigenvalue weighted by molar-refractivity contribution is 7.80. The second kappa shape index (κ2) is 3.49. The molecule has 0 aliphatic carbocycles. The second-order valence-corrected chi connectivity index (χ2v) is 3.48. The molecule has 0 fully saturated rings. The van der Waals surface area contributed by atoms with Crippen LogP contribution < -0.4 is 0 Å². The zero-order valence-electron chi connectivity index (χ0n) is 6.98. The molecule has 0 unspecified atom stereocenters. The molecule has 3 nitrogen and oxygen atoms in total. The van der Waals surface area contributed by atoms with Crippen LogP contribution in [0.4, 0.5) is 0 Å². The van der Waals surface area contributed by atoms with Crippen LogP contribution in [0.5, 0.6) is 0 Å². The normalized spacial score (nSPS) is 17.8. The first-order valence-electron chi connectivity index (χ1n) is 4.23. The molecule has 0 spiro atoms. The van der Waals surface area contributed by atoms with E-state index in [1.165, 1.54) is 5.82 Å². The third-order valence-electron chi connectivity index (χ3n) is 2.24. The van der Waals surface area contributed by atoms with Crippen molar-refractivity contribution in [1.29, 1.82) is 0 Å². The van der Waals surface area contributed by atoms with E-state index in [0.717, 1.165) is 31.9 Å². The lowest BCUT2D eigenvalue weighted by Crippen LogP contribution is -2.34. The fourth-order valence-corrected chi connectivity index (χ4v) is 1.84. The van der Waals surface area contributed by atoms with Crippen LogP contribution in [0, 0.1) is 0 Å². The molecule has 0 radical (unpaired) electrons. The SMILES string of the molecule is SCCN1CCn2ccnc2C1. The zero-order chi connectivity index (χ0) is 8.39. The van der Waals surface area contributed by atoms with Gasteiger partial charge in [0.2, 0.25) is 0 Å². The van der Waals surface area contributed by atoms with Gasteiger partial charge in [-0.1, -0.05) is 0 Å². The highest BCUT2D eigenvalue weighted by Gasteiger charge is 2.14. The minimum Gasteiger partial charge on any atom is -0.333 e. The molecule has 0 saturated heterocycles. The van der Waals surface area contributed by atoms with Gasteiger partial charge >= 0.3 is 0 Å². The van der Waals surface area contributed by atoms with Gasteiger partial charge in [-0.15, -0.1) is 0 Å². The average Bonchev–Trinajstić information content (AvgIpc) is 2.51. The number of hydrogen-bond acceptors (Lipinski definition) is 3. The molecule has 2 rings (SSSR count). The molecular weight excluding hydrogens is 170 g/mol. The lowest BCUT2D eigenvalue weighted by Gasteiger charge is -2.26. The van der Waals surface area contributed by atoms with Crippen molar-refractivity contribution >= 4 is 12.6 Å². The monoisotopic (exact) mass is 183 g/mol. The maximum Gasteiger partial charge on any atom is 0.122 e. The van der Waals surface area contributed by atoms with Gasteiger partial charge in [0.25, 0.3) is 0 Å². The van der Waals surface area contributed by atoms with E-state index < -0.39 is 0 Å². The quantitative estimate of drug-likeness (QED) is 0.679. The highest BCUT2D eigenvalue weighted by atomic mass is 32.1. The maximum atomic E-state index is 4.29. The third kappa shape index (κ3) is 1.49. The Balaban J connectivity index is 2.05. The fraction of sp³-hybridized carbons (Fsp3) is 0.625. The number of hydrogen-bond donors (Lipinski definition) is 1. The molecule has 0 amide bonds. The maximum absolute atomic E-state index is 4.29. The standard InChI is InChI=1S/C8H13N3S/c12-6-5-10-3-4-11-2-1-9-8(11)7-10/h1-2,12H,3-7H2. The van der Waals surface area contributed by atoms with E-state index >= 15 is 0 Å². The molecule has 1 aromatic rings. The average molecular weight is 183 g/mol.